The van der Waals surface area contributed by atoms with Gasteiger partial charge in [-0.15, -0.1) is 0 Å². The molecule has 2 aromatic rings. The average molecular weight is 285 g/mol. The third-order valence-electron chi connectivity index (χ3n) is 3.79. The fraction of sp³-hybridized carbons (Fsp3) is 0.412. The summed E-state index contributed by atoms with van der Waals surface area (Å²) >= 11 is 0. The van der Waals surface area contributed by atoms with Gasteiger partial charge in [-0.05, 0) is 38.8 Å². The number of aromatic nitrogens is 2. The van der Waals surface area contributed by atoms with Crippen molar-refractivity contribution in [1.82, 2.24) is 15.1 Å². The number of nitrogens with one attached hydrogen (secondary N) is 1. The third-order valence-corrected chi connectivity index (χ3v) is 3.79. The zero-order valence-electron chi connectivity index (χ0n) is 12.9. The maximum absolute atomic E-state index is 12.5. The van der Waals surface area contributed by atoms with E-state index in [-0.39, 0.29) is 11.9 Å². The van der Waals surface area contributed by atoms with Gasteiger partial charge >= 0.3 is 0 Å². The molecule has 4 nitrogen and oxygen atoms in total. The maximum Gasteiger partial charge on any atom is 0.230 e. The number of hydrogen-bond acceptors (Lipinski definition) is 2. The van der Waals surface area contributed by atoms with Crippen LogP contribution in [-0.2, 0) is 16.8 Å². The molecule has 0 radical (unpaired) electrons. The van der Waals surface area contributed by atoms with E-state index in [0.717, 1.165) is 18.5 Å². The first-order chi connectivity index (χ1) is 10.00. The minimum atomic E-state index is -0.527. The standard InChI is InChI=1S/C17H23N3O/c1-14(10-13-20-12-7-11-18-20)19-16(21)17(2,3)15-8-5-4-6-9-15/h4-9,11-12,14H,10,13H2,1-3H3,(H,19,21)/t14-/m1/s1. The van der Waals surface area contributed by atoms with E-state index in [1.54, 1.807) is 6.20 Å². The molecule has 0 aliphatic carbocycles. The smallest absolute Gasteiger partial charge is 0.230 e. The van der Waals surface area contributed by atoms with Crippen LogP contribution in [-0.4, -0.2) is 21.7 Å². The summed E-state index contributed by atoms with van der Waals surface area (Å²) in [4.78, 5) is 12.5. The highest BCUT2D eigenvalue weighted by atomic mass is 16.2. The summed E-state index contributed by atoms with van der Waals surface area (Å²) in [7, 11) is 0. The average Bonchev–Trinajstić information content (AvgIpc) is 2.99. The van der Waals surface area contributed by atoms with Gasteiger partial charge in [-0.25, -0.2) is 0 Å². The number of amides is 1. The van der Waals surface area contributed by atoms with Crippen LogP contribution in [0.2, 0.25) is 0 Å². The molecular weight excluding hydrogens is 262 g/mol. The van der Waals surface area contributed by atoms with Gasteiger partial charge < -0.3 is 5.32 Å². The lowest BCUT2D eigenvalue weighted by Crippen LogP contribution is -2.44. The fourth-order valence-electron chi connectivity index (χ4n) is 2.22. The number of hydrogen-bond donors (Lipinski definition) is 1. The van der Waals surface area contributed by atoms with Crippen molar-refractivity contribution < 1.29 is 4.79 Å². The van der Waals surface area contributed by atoms with Crippen LogP contribution in [0, 0.1) is 0 Å². The molecule has 0 fully saturated rings. The molecule has 1 atom stereocenters. The first-order valence-corrected chi connectivity index (χ1v) is 7.34. The second-order valence-corrected chi connectivity index (χ2v) is 5.92. The molecule has 1 N–H and O–H groups in total. The largest absolute Gasteiger partial charge is 0.353 e. The second-order valence-electron chi connectivity index (χ2n) is 5.92. The van der Waals surface area contributed by atoms with Crippen molar-refractivity contribution in [2.45, 2.75) is 45.2 Å². The first-order valence-electron chi connectivity index (χ1n) is 7.34. The zero-order chi connectivity index (χ0) is 15.3. The number of carbonyl (C=O) groups is 1. The van der Waals surface area contributed by atoms with Crippen molar-refractivity contribution in [2.24, 2.45) is 0 Å². The van der Waals surface area contributed by atoms with Crippen LogP contribution in [0.3, 0.4) is 0 Å². The number of aryl methyl sites for hydroxylation is 1. The van der Waals surface area contributed by atoms with Gasteiger partial charge in [-0.2, -0.15) is 5.10 Å². The summed E-state index contributed by atoms with van der Waals surface area (Å²) in [5.41, 5.74) is 0.503. The third kappa shape index (κ3) is 3.94. The Kier molecular flexibility index (Phi) is 4.78. The van der Waals surface area contributed by atoms with Crippen LogP contribution < -0.4 is 5.32 Å². The molecule has 0 saturated carbocycles. The maximum atomic E-state index is 12.5. The summed E-state index contributed by atoms with van der Waals surface area (Å²) in [5.74, 6) is 0.0571. The van der Waals surface area contributed by atoms with E-state index in [2.05, 4.69) is 10.4 Å². The Balaban J connectivity index is 1.91. The molecule has 112 valence electrons. The Hall–Kier alpha value is -2.10. The van der Waals surface area contributed by atoms with Gasteiger partial charge in [0.25, 0.3) is 0 Å². The topological polar surface area (TPSA) is 46.9 Å². The van der Waals surface area contributed by atoms with Crippen molar-refractivity contribution in [3.63, 3.8) is 0 Å². The van der Waals surface area contributed by atoms with Crippen LogP contribution in [0.15, 0.2) is 48.8 Å². The summed E-state index contributed by atoms with van der Waals surface area (Å²) in [6, 6.07) is 11.9. The van der Waals surface area contributed by atoms with Crippen molar-refractivity contribution in [3.05, 3.63) is 54.4 Å². The van der Waals surface area contributed by atoms with E-state index in [4.69, 9.17) is 0 Å². The molecule has 1 aromatic carbocycles. The first kappa shape index (κ1) is 15.3. The predicted octanol–water partition coefficient (Wildman–Crippen LogP) is 2.76. The number of carbonyl (C=O) groups excluding carboxylic acids is 1. The molecule has 0 bridgehead atoms. The van der Waals surface area contributed by atoms with E-state index in [9.17, 15) is 4.79 Å². The van der Waals surface area contributed by atoms with E-state index in [1.807, 2.05) is 68.0 Å². The van der Waals surface area contributed by atoms with Gasteiger partial charge in [-0.3, -0.25) is 9.48 Å². The predicted molar refractivity (Wildman–Crippen MR) is 83.9 cm³/mol. The van der Waals surface area contributed by atoms with Crippen molar-refractivity contribution in [1.29, 1.82) is 0 Å². The molecular formula is C17H23N3O. The van der Waals surface area contributed by atoms with Gasteiger partial charge in [-0.1, -0.05) is 30.3 Å². The normalized spacial score (nSPS) is 12.9. The summed E-state index contributed by atoms with van der Waals surface area (Å²) < 4.78 is 1.88. The number of nitrogens with zero attached hydrogens (tertiary/aromatic N) is 2. The number of benzene rings is 1. The van der Waals surface area contributed by atoms with Gasteiger partial charge in [0, 0.05) is 25.0 Å². The second kappa shape index (κ2) is 6.57. The Labute approximate surface area is 126 Å². The van der Waals surface area contributed by atoms with E-state index in [0.29, 0.717) is 0 Å². The van der Waals surface area contributed by atoms with Gasteiger partial charge in [0.15, 0.2) is 0 Å². The molecule has 0 spiro atoms. The molecule has 1 amide bonds. The molecule has 1 heterocycles. The van der Waals surface area contributed by atoms with E-state index >= 15 is 0 Å². The highest BCUT2D eigenvalue weighted by Crippen LogP contribution is 2.23. The summed E-state index contributed by atoms with van der Waals surface area (Å²) in [5, 5.41) is 7.27. The summed E-state index contributed by atoms with van der Waals surface area (Å²) in [6.45, 7) is 6.75. The fourth-order valence-corrected chi connectivity index (χ4v) is 2.22. The Bertz CT molecular complexity index is 561. The Morgan fingerprint density at radius 2 is 2.00 bits per heavy atom. The van der Waals surface area contributed by atoms with Crippen molar-refractivity contribution in [3.8, 4) is 0 Å². The minimum Gasteiger partial charge on any atom is -0.353 e. The number of rotatable bonds is 6. The lowest BCUT2D eigenvalue weighted by Gasteiger charge is -2.26. The van der Waals surface area contributed by atoms with Gasteiger partial charge in [0.2, 0.25) is 5.91 Å². The highest BCUT2D eigenvalue weighted by molar-refractivity contribution is 5.87. The SMILES string of the molecule is C[C@H](CCn1cccn1)NC(=O)C(C)(C)c1ccccc1. The molecule has 0 aliphatic heterocycles. The van der Waals surface area contributed by atoms with Crippen LogP contribution >= 0.6 is 0 Å². The van der Waals surface area contributed by atoms with E-state index in [1.165, 1.54) is 0 Å². The zero-order valence-corrected chi connectivity index (χ0v) is 12.9. The minimum absolute atomic E-state index is 0.0571. The van der Waals surface area contributed by atoms with Crippen LogP contribution in [0.4, 0.5) is 0 Å². The molecule has 1 aromatic heterocycles. The molecule has 4 heteroatoms. The van der Waals surface area contributed by atoms with Crippen molar-refractivity contribution in [2.75, 3.05) is 0 Å². The molecule has 0 saturated heterocycles. The summed E-state index contributed by atoms with van der Waals surface area (Å²) in [6.07, 6.45) is 4.56. The Morgan fingerprint density at radius 1 is 1.29 bits per heavy atom. The van der Waals surface area contributed by atoms with Crippen molar-refractivity contribution >= 4 is 5.91 Å². The van der Waals surface area contributed by atoms with Gasteiger partial charge in [0.1, 0.15) is 0 Å². The molecule has 0 aliphatic rings. The molecule has 2 rings (SSSR count). The highest BCUT2D eigenvalue weighted by Gasteiger charge is 2.30. The monoisotopic (exact) mass is 285 g/mol. The lowest BCUT2D eigenvalue weighted by atomic mass is 9.83. The quantitative estimate of drug-likeness (QED) is 0.887. The Morgan fingerprint density at radius 3 is 2.62 bits per heavy atom. The lowest BCUT2D eigenvalue weighted by molar-refractivity contribution is -0.126. The molecule has 0 unspecified atom stereocenters. The van der Waals surface area contributed by atoms with Crippen LogP contribution in [0.5, 0.6) is 0 Å². The van der Waals surface area contributed by atoms with E-state index < -0.39 is 5.41 Å². The van der Waals surface area contributed by atoms with Crippen LogP contribution in [0.25, 0.3) is 0 Å². The van der Waals surface area contributed by atoms with Gasteiger partial charge in [0.05, 0.1) is 5.41 Å². The molecule has 21 heavy (non-hydrogen) atoms. The van der Waals surface area contributed by atoms with Crippen LogP contribution in [0.1, 0.15) is 32.8 Å².